The molecule has 0 aliphatic heterocycles. The van der Waals surface area contributed by atoms with Gasteiger partial charge in [-0.2, -0.15) is 0 Å². The van der Waals surface area contributed by atoms with Crippen molar-refractivity contribution < 1.29 is 8.78 Å². The number of allylic oxidation sites excluding steroid dienone is 11. The minimum Gasteiger partial charge on any atom is -0.204 e. The van der Waals surface area contributed by atoms with Crippen LogP contribution in [0.25, 0.3) is 0 Å². The summed E-state index contributed by atoms with van der Waals surface area (Å²) in [4.78, 5) is 0. The fourth-order valence-corrected chi connectivity index (χ4v) is 2.39. The summed E-state index contributed by atoms with van der Waals surface area (Å²) in [5.41, 5.74) is 5.90. The zero-order valence-electron chi connectivity index (χ0n) is 16.5. The molecule has 0 atom stereocenters. The van der Waals surface area contributed by atoms with Gasteiger partial charge in [-0.25, -0.2) is 8.78 Å². The average Bonchev–Trinajstić information content (AvgIpc) is 2.63. The van der Waals surface area contributed by atoms with Crippen molar-refractivity contribution in [1.82, 2.24) is 0 Å². The van der Waals surface area contributed by atoms with Crippen LogP contribution in [0.1, 0.15) is 32.8 Å². The molecule has 1 aromatic carbocycles. The van der Waals surface area contributed by atoms with E-state index in [1.54, 1.807) is 12.1 Å². The van der Waals surface area contributed by atoms with Crippen molar-refractivity contribution in [3.05, 3.63) is 119 Å². The Bertz CT molecular complexity index is 826. The predicted molar refractivity (Wildman–Crippen MR) is 114 cm³/mol. The van der Waals surface area contributed by atoms with E-state index in [0.29, 0.717) is 12.8 Å². The summed E-state index contributed by atoms with van der Waals surface area (Å²) in [6.45, 7) is 17.9. The van der Waals surface area contributed by atoms with Crippen molar-refractivity contribution in [2.45, 2.75) is 33.6 Å². The second-order valence-electron chi connectivity index (χ2n) is 6.60. The molecule has 0 N–H and O–H groups in total. The summed E-state index contributed by atoms with van der Waals surface area (Å²) in [6, 6.07) is 3.98. The topological polar surface area (TPSA) is 0 Å². The molecular weight excluding hydrogens is 338 g/mol. The van der Waals surface area contributed by atoms with Crippen molar-refractivity contribution in [3.8, 4) is 0 Å². The minimum atomic E-state index is -0.830. The number of hydrogen-bond donors (Lipinski definition) is 0. The molecule has 0 spiro atoms. The van der Waals surface area contributed by atoms with Crippen molar-refractivity contribution >= 4 is 0 Å². The summed E-state index contributed by atoms with van der Waals surface area (Å²) in [6.07, 6.45) is 12.9. The van der Waals surface area contributed by atoms with E-state index in [1.807, 2.05) is 51.2 Å². The van der Waals surface area contributed by atoms with E-state index in [2.05, 4.69) is 19.7 Å². The largest absolute Gasteiger partial charge is 0.204 e. The van der Waals surface area contributed by atoms with Crippen molar-refractivity contribution in [2.75, 3.05) is 0 Å². The second kappa shape index (κ2) is 11.1. The van der Waals surface area contributed by atoms with Crippen LogP contribution in [0.3, 0.4) is 0 Å². The van der Waals surface area contributed by atoms with Gasteiger partial charge in [0.25, 0.3) is 0 Å². The molecule has 0 fully saturated rings. The summed E-state index contributed by atoms with van der Waals surface area (Å²) < 4.78 is 26.3. The van der Waals surface area contributed by atoms with Crippen LogP contribution in [0.4, 0.5) is 8.78 Å². The average molecular weight is 366 g/mol. The number of benzene rings is 1. The van der Waals surface area contributed by atoms with Crippen LogP contribution in [0, 0.1) is 11.6 Å². The Kier molecular flexibility index (Phi) is 9.15. The summed E-state index contributed by atoms with van der Waals surface area (Å²) in [7, 11) is 0. The van der Waals surface area contributed by atoms with Crippen molar-refractivity contribution in [3.63, 3.8) is 0 Å². The lowest BCUT2D eigenvalue weighted by Gasteiger charge is -2.08. The molecule has 0 bridgehead atoms. The van der Waals surface area contributed by atoms with Crippen LogP contribution in [0.5, 0.6) is 0 Å². The number of rotatable bonds is 9. The first-order valence-corrected chi connectivity index (χ1v) is 8.89. The molecule has 0 aliphatic carbocycles. The number of halogens is 2. The molecule has 1 aromatic rings. The summed E-state index contributed by atoms with van der Waals surface area (Å²) >= 11 is 0. The van der Waals surface area contributed by atoms with E-state index in [-0.39, 0.29) is 0 Å². The van der Waals surface area contributed by atoms with Gasteiger partial charge in [0.15, 0.2) is 11.6 Å². The highest BCUT2D eigenvalue weighted by molar-refractivity contribution is 5.46. The first-order valence-electron chi connectivity index (χ1n) is 8.89. The highest BCUT2D eigenvalue weighted by atomic mass is 19.2. The van der Waals surface area contributed by atoms with Gasteiger partial charge in [-0.1, -0.05) is 67.8 Å². The first kappa shape index (κ1) is 22.3. The molecule has 0 radical (unpaired) electrons. The third-order valence-electron chi connectivity index (χ3n) is 4.11. The van der Waals surface area contributed by atoms with Gasteiger partial charge in [0, 0.05) is 0 Å². The lowest BCUT2D eigenvalue weighted by molar-refractivity contribution is 0.507. The maximum atomic E-state index is 13.3. The third-order valence-corrected chi connectivity index (χ3v) is 4.11. The SMILES string of the molecule is C=C\C(=C/C=C(C)/C(C=C)=C/C=C(C)C)C(=C)CCc1ccc(F)c(F)c1. The Morgan fingerprint density at radius 3 is 2.07 bits per heavy atom. The molecule has 0 aliphatic rings. The highest BCUT2D eigenvalue weighted by Gasteiger charge is 2.05. The van der Waals surface area contributed by atoms with Crippen LogP contribution in [0.15, 0.2) is 102 Å². The van der Waals surface area contributed by atoms with E-state index in [0.717, 1.165) is 33.9 Å². The molecule has 0 unspecified atom stereocenters. The van der Waals surface area contributed by atoms with Crippen LogP contribution < -0.4 is 0 Å². The number of hydrogen-bond acceptors (Lipinski definition) is 0. The maximum absolute atomic E-state index is 13.3. The van der Waals surface area contributed by atoms with Gasteiger partial charge >= 0.3 is 0 Å². The molecular formula is C25H28F2. The molecule has 0 amide bonds. The minimum absolute atomic E-state index is 0.586. The fourth-order valence-electron chi connectivity index (χ4n) is 2.39. The lowest BCUT2D eigenvalue weighted by Crippen LogP contribution is -1.93. The van der Waals surface area contributed by atoms with Gasteiger partial charge in [0.2, 0.25) is 0 Å². The highest BCUT2D eigenvalue weighted by Crippen LogP contribution is 2.19. The Morgan fingerprint density at radius 2 is 1.52 bits per heavy atom. The van der Waals surface area contributed by atoms with Gasteiger partial charge < -0.3 is 0 Å². The van der Waals surface area contributed by atoms with Crippen LogP contribution in [-0.2, 0) is 6.42 Å². The Morgan fingerprint density at radius 1 is 0.889 bits per heavy atom. The quantitative estimate of drug-likeness (QED) is 0.395. The Hall–Kier alpha value is -2.74. The van der Waals surface area contributed by atoms with Crippen LogP contribution in [0.2, 0.25) is 0 Å². The summed E-state index contributed by atoms with van der Waals surface area (Å²) in [5, 5.41) is 0. The van der Waals surface area contributed by atoms with Crippen LogP contribution in [-0.4, -0.2) is 0 Å². The molecule has 142 valence electrons. The smallest absolute Gasteiger partial charge is 0.159 e. The zero-order chi connectivity index (χ0) is 20.4. The van der Waals surface area contributed by atoms with Gasteiger partial charge in [0.05, 0.1) is 0 Å². The standard InChI is InChI=1S/C25H28F2/c1-7-22(14-9-18(3)4)20(6)11-15-23(8-2)19(5)10-12-21-13-16-24(26)25(27)17-21/h7-9,11,13-17H,1-2,5,10,12H2,3-4,6H3/b20-11+,22-14+,23-15+. The first-order chi connectivity index (χ1) is 12.8. The van der Waals surface area contributed by atoms with E-state index < -0.39 is 11.6 Å². The maximum Gasteiger partial charge on any atom is 0.159 e. The van der Waals surface area contributed by atoms with E-state index in [1.165, 1.54) is 11.6 Å². The fraction of sp³-hybridized carbons (Fsp3) is 0.200. The lowest BCUT2D eigenvalue weighted by atomic mass is 9.98. The van der Waals surface area contributed by atoms with Crippen molar-refractivity contribution in [2.24, 2.45) is 0 Å². The van der Waals surface area contributed by atoms with Crippen molar-refractivity contribution in [1.29, 1.82) is 0 Å². The van der Waals surface area contributed by atoms with Gasteiger partial charge in [-0.05, 0) is 73.6 Å². The molecule has 0 aromatic heterocycles. The van der Waals surface area contributed by atoms with Gasteiger partial charge in [-0.15, -0.1) is 0 Å². The van der Waals surface area contributed by atoms with Gasteiger partial charge in [0.1, 0.15) is 0 Å². The van der Waals surface area contributed by atoms with Crippen LogP contribution >= 0.6 is 0 Å². The normalized spacial score (nSPS) is 12.6. The molecule has 0 heterocycles. The molecule has 1 rings (SSSR count). The summed E-state index contributed by atoms with van der Waals surface area (Å²) in [5.74, 6) is -1.65. The van der Waals surface area contributed by atoms with E-state index in [9.17, 15) is 8.78 Å². The monoisotopic (exact) mass is 366 g/mol. The molecule has 27 heavy (non-hydrogen) atoms. The molecule has 0 saturated heterocycles. The molecule has 0 nitrogen and oxygen atoms in total. The zero-order valence-corrected chi connectivity index (χ0v) is 16.5. The van der Waals surface area contributed by atoms with Gasteiger partial charge in [-0.3, -0.25) is 0 Å². The molecule has 0 saturated carbocycles. The number of aryl methyl sites for hydroxylation is 1. The Balaban J connectivity index is 2.88. The van der Waals surface area contributed by atoms with E-state index >= 15 is 0 Å². The molecule has 2 heteroatoms. The van der Waals surface area contributed by atoms with E-state index in [4.69, 9.17) is 0 Å². The Labute approximate surface area is 162 Å². The predicted octanol–water partition coefficient (Wildman–Crippen LogP) is 7.59. The second-order valence-corrected chi connectivity index (χ2v) is 6.60. The third kappa shape index (κ3) is 7.57.